The van der Waals surface area contributed by atoms with Crippen LogP contribution in [-0.4, -0.2) is 27.8 Å². The molecule has 4 heterocycles. The van der Waals surface area contributed by atoms with E-state index in [2.05, 4.69) is 53.8 Å². The van der Waals surface area contributed by atoms with Crippen molar-refractivity contribution < 1.29 is 18.7 Å². The number of fused-ring (bicyclic) bond motifs is 4. The van der Waals surface area contributed by atoms with Crippen LogP contribution in [-0.2, 0) is 16.3 Å². The third-order valence-corrected chi connectivity index (χ3v) is 10.5. The van der Waals surface area contributed by atoms with E-state index >= 15 is 0 Å². The second-order valence-corrected chi connectivity index (χ2v) is 13.2. The van der Waals surface area contributed by atoms with Crippen LogP contribution in [0.25, 0.3) is 32.8 Å². The highest BCUT2D eigenvalue weighted by Gasteiger charge is 2.44. The Hall–Kier alpha value is -5.56. The van der Waals surface area contributed by atoms with Gasteiger partial charge in [0.25, 0.3) is 0 Å². The quantitative estimate of drug-likeness (QED) is 0.123. The average molecular weight is 634 g/mol. The normalized spacial score (nSPS) is 18.6. The second-order valence-electron chi connectivity index (χ2n) is 13.2. The zero-order chi connectivity index (χ0) is 32.4. The van der Waals surface area contributed by atoms with Crippen molar-refractivity contribution in [2.45, 2.75) is 50.8 Å². The van der Waals surface area contributed by atoms with Crippen molar-refractivity contribution in [1.29, 1.82) is 0 Å². The van der Waals surface area contributed by atoms with Crippen LogP contribution < -0.4 is 5.32 Å². The Morgan fingerprint density at radius 2 is 1.77 bits per heavy atom. The van der Waals surface area contributed by atoms with E-state index in [1.54, 1.807) is 6.26 Å². The smallest absolute Gasteiger partial charge is 0.342 e. The number of allylic oxidation sites excluding steroid dienone is 3. The minimum Gasteiger partial charge on any atom is -0.464 e. The van der Waals surface area contributed by atoms with Crippen LogP contribution in [0.5, 0.6) is 0 Å². The van der Waals surface area contributed by atoms with Crippen LogP contribution in [0.3, 0.4) is 0 Å². The van der Waals surface area contributed by atoms with Crippen LogP contribution >= 0.6 is 0 Å². The summed E-state index contributed by atoms with van der Waals surface area (Å²) in [6.07, 6.45) is 14.1. The van der Waals surface area contributed by atoms with Gasteiger partial charge in [-0.1, -0.05) is 79.7 Å². The molecule has 6 aromatic rings. The van der Waals surface area contributed by atoms with Gasteiger partial charge in [0, 0.05) is 62.2 Å². The fourth-order valence-corrected chi connectivity index (χ4v) is 8.09. The van der Waals surface area contributed by atoms with Gasteiger partial charge >= 0.3 is 5.97 Å². The monoisotopic (exact) mass is 633 g/mol. The molecule has 0 amide bonds. The summed E-state index contributed by atoms with van der Waals surface area (Å²) < 4.78 is 14.2. The predicted molar refractivity (Wildman–Crippen MR) is 187 cm³/mol. The molecule has 3 aromatic carbocycles. The number of ether oxygens (including phenoxy) is 1. The number of benzene rings is 3. The summed E-state index contributed by atoms with van der Waals surface area (Å²) in [5.41, 5.74) is 8.86. The maximum atomic E-state index is 14.5. The molecule has 1 aliphatic heterocycles. The molecule has 3 unspecified atom stereocenters. The molecule has 3 aromatic heterocycles. The third-order valence-electron chi connectivity index (χ3n) is 10.5. The zero-order valence-electron chi connectivity index (χ0n) is 26.6. The molecule has 48 heavy (non-hydrogen) atoms. The van der Waals surface area contributed by atoms with Gasteiger partial charge < -0.3 is 24.0 Å². The Morgan fingerprint density at radius 3 is 2.60 bits per heavy atom. The molecule has 1 fully saturated rings. The molecule has 0 bridgehead atoms. The summed E-state index contributed by atoms with van der Waals surface area (Å²) in [7, 11) is 0. The van der Waals surface area contributed by atoms with Crippen LogP contribution in [0, 0.1) is 5.92 Å². The van der Waals surface area contributed by atoms with Crippen molar-refractivity contribution >= 4 is 45.0 Å². The fraction of sp³-hybridized carbons (Fsp3) is 0.220. The molecule has 2 N–H and O–H groups in total. The first-order valence-corrected chi connectivity index (χ1v) is 16.8. The predicted octanol–water partition coefficient (Wildman–Crippen LogP) is 8.64. The lowest BCUT2D eigenvalue weighted by Crippen LogP contribution is -2.27. The van der Waals surface area contributed by atoms with Gasteiger partial charge in [0.05, 0.1) is 23.4 Å². The zero-order valence-corrected chi connectivity index (χ0v) is 26.6. The number of esters is 1. The van der Waals surface area contributed by atoms with Crippen molar-refractivity contribution in [3.05, 3.63) is 143 Å². The number of H-pyrrole nitrogens is 1. The Morgan fingerprint density at radius 1 is 1.00 bits per heavy atom. The fourth-order valence-electron chi connectivity index (χ4n) is 8.09. The number of para-hydroxylation sites is 3. The molecular weight excluding hydrogens is 598 g/mol. The number of nitrogens with zero attached hydrogens (tertiary/aromatic N) is 1. The SMILES string of the molecule is CC(c1coc2ccccc12)c1c(C=O)c2ccccc2n1COC(=O)C1=C(C(c2c[nH]c3ccccc23)C2CC2)NC2CC=CC=C12. The van der Waals surface area contributed by atoms with Gasteiger partial charge in [0.15, 0.2) is 13.0 Å². The molecular formula is C41H35N3O4. The van der Waals surface area contributed by atoms with Crippen molar-refractivity contribution in [1.82, 2.24) is 14.9 Å². The first kappa shape index (κ1) is 28.6. The number of carbonyl (C=O) groups excluding carboxylic acids is 2. The highest BCUT2D eigenvalue weighted by Crippen LogP contribution is 2.51. The molecule has 2 aliphatic carbocycles. The first-order chi connectivity index (χ1) is 23.6. The molecule has 7 nitrogen and oxygen atoms in total. The second kappa shape index (κ2) is 11.3. The number of nitrogens with one attached hydrogen (secondary N) is 2. The number of carbonyl (C=O) groups is 2. The minimum atomic E-state index is -0.357. The number of aldehydes is 1. The van der Waals surface area contributed by atoms with Gasteiger partial charge in [0.2, 0.25) is 0 Å². The Bertz CT molecular complexity index is 2340. The van der Waals surface area contributed by atoms with Crippen LogP contribution in [0.4, 0.5) is 0 Å². The highest BCUT2D eigenvalue weighted by atomic mass is 16.5. The molecule has 0 radical (unpaired) electrons. The van der Waals surface area contributed by atoms with E-state index in [0.29, 0.717) is 17.1 Å². The van der Waals surface area contributed by atoms with E-state index in [1.807, 2.05) is 65.2 Å². The maximum Gasteiger partial charge on any atom is 0.342 e. The van der Waals surface area contributed by atoms with E-state index in [1.165, 1.54) is 10.9 Å². The maximum absolute atomic E-state index is 14.5. The van der Waals surface area contributed by atoms with Crippen molar-refractivity contribution in [3.63, 3.8) is 0 Å². The van der Waals surface area contributed by atoms with Gasteiger partial charge in [-0.05, 0) is 54.5 Å². The number of furan rings is 1. The molecule has 3 atom stereocenters. The minimum absolute atomic E-state index is 0.0260. The summed E-state index contributed by atoms with van der Waals surface area (Å²) >= 11 is 0. The third kappa shape index (κ3) is 4.48. The summed E-state index contributed by atoms with van der Waals surface area (Å²) in [6, 6.07) is 24.1. The van der Waals surface area contributed by atoms with Crippen molar-refractivity contribution in [3.8, 4) is 0 Å². The topological polar surface area (TPSA) is 89.3 Å². The molecule has 0 spiro atoms. The van der Waals surface area contributed by atoms with Gasteiger partial charge in [-0.3, -0.25) is 4.79 Å². The van der Waals surface area contributed by atoms with E-state index < -0.39 is 0 Å². The number of hydrogen-bond acceptors (Lipinski definition) is 5. The van der Waals surface area contributed by atoms with Gasteiger partial charge in [-0.25, -0.2) is 4.79 Å². The van der Waals surface area contributed by atoms with Gasteiger partial charge in [0.1, 0.15) is 5.58 Å². The number of hydrogen-bond donors (Lipinski definition) is 2. The molecule has 0 saturated heterocycles. The van der Waals surface area contributed by atoms with Crippen molar-refractivity contribution in [2.24, 2.45) is 5.92 Å². The largest absolute Gasteiger partial charge is 0.464 e. The van der Waals surface area contributed by atoms with Gasteiger partial charge in [-0.2, -0.15) is 0 Å². The molecule has 3 aliphatic rings. The van der Waals surface area contributed by atoms with E-state index in [-0.39, 0.29) is 30.6 Å². The molecule has 7 heteroatoms. The summed E-state index contributed by atoms with van der Waals surface area (Å²) in [5, 5.41) is 6.79. The Labute approximate surface area is 277 Å². The van der Waals surface area contributed by atoms with E-state index in [0.717, 1.165) is 75.5 Å². The summed E-state index contributed by atoms with van der Waals surface area (Å²) in [6.45, 7) is 2.04. The highest BCUT2D eigenvalue weighted by molar-refractivity contribution is 6.00. The molecule has 9 rings (SSSR count). The number of aromatic amines is 1. The van der Waals surface area contributed by atoms with Crippen LogP contribution in [0.15, 0.2) is 125 Å². The Kier molecular flexibility index (Phi) is 6.74. The van der Waals surface area contributed by atoms with E-state index in [9.17, 15) is 9.59 Å². The summed E-state index contributed by atoms with van der Waals surface area (Å²) in [5.74, 6) is -0.0670. The summed E-state index contributed by atoms with van der Waals surface area (Å²) in [4.78, 5) is 30.6. The molecule has 1 saturated carbocycles. The van der Waals surface area contributed by atoms with Gasteiger partial charge in [-0.15, -0.1) is 0 Å². The average Bonchev–Trinajstić information content (AvgIpc) is 3.43. The number of rotatable bonds is 9. The Balaban J connectivity index is 1.13. The number of aromatic nitrogens is 2. The lowest BCUT2D eigenvalue weighted by molar-refractivity contribution is -0.142. The van der Waals surface area contributed by atoms with Crippen LogP contribution in [0.2, 0.25) is 0 Å². The molecule has 238 valence electrons. The standard InChI is InChI=1S/C41H35N3O4/c1-24(32-22-47-36-17-9-5-12-28(32)36)40-31(21-45)27-11-4-8-16-35(27)44(40)23-48-41(46)38-29-13-3-7-15-34(29)43-39(38)37(25-18-19-25)30-20-42-33-14-6-2-10-26(30)33/h2-14,16-17,20-22,24-25,34,37,42-43H,15,18-19,23H2,1H3. The lowest BCUT2D eigenvalue weighted by atomic mass is 9.87. The van der Waals surface area contributed by atoms with Crippen LogP contribution in [0.1, 0.15) is 65.2 Å². The van der Waals surface area contributed by atoms with Crippen molar-refractivity contribution in [2.75, 3.05) is 0 Å². The van der Waals surface area contributed by atoms with E-state index in [4.69, 9.17) is 9.15 Å². The first-order valence-electron chi connectivity index (χ1n) is 16.8. The lowest BCUT2D eigenvalue weighted by Gasteiger charge is -2.21.